The topological polar surface area (TPSA) is 111 Å². The van der Waals surface area contributed by atoms with Crippen LogP contribution in [0.2, 0.25) is 0 Å². The van der Waals surface area contributed by atoms with Crippen LogP contribution in [0.15, 0.2) is 57.2 Å². The van der Waals surface area contributed by atoms with Gasteiger partial charge in [0.15, 0.2) is 0 Å². The number of benzene rings is 2. The summed E-state index contributed by atoms with van der Waals surface area (Å²) in [5.74, 6) is 0.576. The number of thiazole rings is 1. The van der Waals surface area contributed by atoms with Gasteiger partial charge in [-0.25, -0.2) is 14.5 Å². The van der Waals surface area contributed by atoms with Gasteiger partial charge in [-0.2, -0.15) is 8.42 Å². The fraction of sp³-hybridized carbons (Fsp3) is 0.182. The lowest BCUT2D eigenvalue weighted by molar-refractivity contribution is 0.473. The molecule has 166 valence electrons. The average molecular weight is 472 g/mol. The Morgan fingerprint density at radius 3 is 2.72 bits per heavy atom. The summed E-state index contributed by atoms with van der Waals surface area (Å²) in [7, 11) is -2.31. The van der Waals surface area contributed by atoms with Crippen molar-refractivity contribution in [1.29, 1.82) is 0 Å². The lowest BCUT2D eigenvalue weighted by Crippen LogP contribution is -2.26. The summed E-state index contributed by atoms with van der Waals surface area (Å²) in [6.45, 7) is 3.80. The van der Waals surface area contributed by atoms with E-state index >= 15 is 0 Å². The van der Waals surface area contributed by atoms with Crippen molar-refractivity contribution in [3.63, 3.8) is 0 Å². The molecule has 0 amide bonds. The first-order valence-corrected chi connectivity index (χ1v) is 12.1. The number of nitrogens with zero attached hydrogens (tertiary/aromatic N) is 1. The van der Waals surface area contributed by atoms with Crippen LogP contribution in [-0.4, -0.2) is 20.4 Å². The molecule has 0 saturated heterocycles. The fourth-order valence-electron chi connectivity index (χ4n) is 3.35. The molecule has 2 aromatic carbocycles. The van der Waals surface area contributed by atoms with E-state index in [2.05, 4.69) is 14.4 Å². The maximum Gasteiger partial charge on any atom is 0.340 e. The molecule has 0 saturated carbocycles. The number of nitrogens with one attached hydrogen (secondary N) is 2. The third-order valence-electron chi connectivity index (χ3n) is 5.02. The van der Waals surface area contributed by atoms with Gasteiger partial charge in [0.05, 0.1) is 5.69 Å². The van der Waals surface area contributed by atoms with Gasteiger partial charge >= 0.3 is 5.63 Å². The average Bonchev–Trinajstić information content (AvgIpc) is 3.26. The van der Waals surface area contributed by atoms with Crippen LogP contribution in [0.1, 0.15) is 22.3 Å². The molecule has 0 aliphatic rings. The molecule has 0 bridgehead atoms. The molecule has 4 rings (SSSR count). The molecule has 0 aliphatic heterocycles. The Morgan fingerprint density at radius 1 is 1.19 bits per heavy atom. The quantitative estimate of drug-likeness (QED) is 0.392. The van der Waals surface area contributed by atoms with E-state index in [1.807, 2.05) is 31.4 Å². The highest BCUT2D eigenvalue weighted by atomic mass is 32.2. The van der Waals surface area contributed by atoms with Crippen LogP contribution >= 0.6 is 11.3 Å². The largest absolute Gasteiger partial charge is 0.430 e. The number of hydrogen-bond acceptors (Lipinski definition) is 7. The minimum atomic E-state index is -3.63. The number of aryl methyl sites for hydroxylation is 2. The summed E-state index contributed by atoms with van der Waals surface area (Å²) in [6, 6.07) is 10.5. The fourth-order valence-corrected chi connectivity index (χ4v) is 4.39. The molecule has 2 N–H and O–H groups in total. The van der Waals surface area contributed by atoms with E-state index in [1.54, 1.807) is 30.5 Å². The molecule has 0 fully saturated rings. The van der Waals surface area contributed by atoms with Gasteiger partial charge in [-0.1, -0.05) is 23.5 Å². The van der Waals surface area contributed by atoms with E-state index < -0.39 is 15.8 Å². The summed E-state index contributed by atoms with van der Waals surface area (Å²) < 4.78 is 39.6. The first-order valence-electron chi connectivity index (χ1n) is 9.70. The van der Waals surface area contributed by atoms with Gasteiger partial charge in [-0.15, -0.1) is 0 Å². The van der Waals surface area contributed by atoms with Crippen molar-refractivity contribution in [2.45, 2.75) is 20.3 Å². The molecule has 32 heavy (non-hydrogen) atoms. The third kappa shape index (κ3) is 4.67. The van der Waals surface area contributed by atoms with Gasteiger partial charge < -0.3 is 9.15 Å². The Kier molecular flexibility index (Phi) is 6.00. The van der Waals surface area contributed by atoms with Crippen LogP contribution in [0.3, 0.4) is 0 Å². The molecule has 0 radical (unpaired) electrons. The van der Waals surface area contributed by atoms with Crippen LogP contribution in [0, 0.1) is 13.8 Å². The SMILES string of the molecule is CNS(=O)(=O)Nc1cccc(Cc2c(C)c3cc(C)c(Oc4nccs4)cc3oc2=O)c1. The lowest BCUT2D eigenvalue weighted by Gasteiger charge is -2.12. The molecular formula is C22H21N3O5S2. The Labute approximate surface area is 189 Å². The standard InChI is InChI=1S/C22H21N3O5S2/c1-13-9-17-14(2)18(11-15-5-4-6-16(10-15)25-32(27,28)23-3)21(26)29-20(17)12-19(13)30-22-24-7-8-31-22/h4-10,12,23,25H,11H2,1-3H3. The Morgan fingerprint density at radius 2 is 2.00 bits per heavy atom. The van der Waals surface area contributed by atoms with Gasteiger partial charge in [0.2, 0.25) is 0 Å². The van der Waals surface area contributed by atoms with E-state index in [0.717, 1.165) is 22.1 Å². The number of anilines is 1. The predicted octanol–water partition coefficient (Wildman–Crippen LogP) is 4.13. The molecule has 0 spiro atoms. The highest BCUT2D eigenvalue weighted by molar-refractivity contribution is 7.90. The zero-order valence-electron chi connectivity index (χ0n) is 17.6. The van der Waals surface area contributed by atoms with Crippen molar-refractivity contribution in [3.8, 4) is 10.9 Å². The summed E-state index contributed by atoms with van der Waals surface area (Å²) in [4.78, 5) is 16.9. The van der Waals surface area contributed by atoms with Gasteiger partial charge in [-0.3, -0.25) is 4.72 Å². The van der Waals surface area contributed by atoms with Crippen molar-refractivity contribution in [2.24, 2.45) is 0 Å². The van der Waals surface area contributed by atoms with Crippen LogP contribution < -0.4 is 19.8 Å². The van der Waals surface area contributed by atoms with Crippen LogP contribution in [0.4, 0.5) is 5.69 Å². The summed E-state index contributed by atoms with van der Waals surface area (Å²) in [5.41, 5.74) is 3.37. The summed E-state index contributed by atoms with van der Waals surface area (Å²) in [5, 5.41) is 3.15. The second-order valence-corrected chi connectivity index (χ2v) is 9.67. The molecule has 10 heteroatoms. The molecule has 0 aliphatic carbocycles. The Balaban J connectivity index is 1.69. The van der Waals surface area contributed by atoms with Gasteiger partial charge in [0.1, 0.15) is 11.3 Å². The highest BCUT2D eigenvalue weighted by Crippen LogP contribution is 2.32. The van der Waals surface area contributed by atoms with Crippen molar-refractivity contribution in [2.75, 3.05) is 11.8 Å². The minimum absolute atomic E-state index is 0.301. The number of aromatic nitrogens is 1. The first-order chi connectivity index (χ1) is 15.3. The van der Waals surface area contributed by atoms with Gasteiger partial charge in [0.25, 0.3) is 15.4 Å². The van der Waals surface area contributed by atoms with Crippen LogP contribution in [0.25, 0.3) is 11.0 Å². The molecule has 2 heterocycles. The molecule has 4 aromatic rings. The maximum atomic E-state index is 12.8. The second kappa shape index (κ2) is 8.73. The molecule has 8 nitrogen and oxygen atoms in total. The minimum Gasteiger partial charge on any atom is -0.430 e. The molecule has 0 atom stereocenters. The van der Waals surface area contributed by atoms with E-state index in [-0.39, 0.29) is 0 Å². The van der Waals surface area contributed by atoms with E-state index in [4.69, 9.17) is 9.15 Å². The van der Waals surface area contributed by atoms with Crippen molar-refractivity contribution < 1.29 is 17.6 Å². The smallest absolute Gasteiger partial charge is 0.340 e. The van der Waals surface area contributed by atoms with E-state index in [9.17, 15) is 13.2 Å². The normalized spacial score (nSPS) is 11.6. The van der Waals surface area contributed by atoms with Crippen LogP contribution in [0.5, 0.6) is 10.9 Å². The number of ether oxygens (including phenoxy) is 1. The molecule has 0 unspecified atom stereocenters. The predicted molar refractivity (Wildman–Crippen MR) is 125 cm³/mol. The van der Waals surface area contributed by atoms with Crippen LogP contribution in [-0.2, 0) is 16.6 Å². The van der Waals surface area contributed by atoms with Crippen molar-refractivity contribution in [1.82, 2.24) is 9.71 Å². The molecular weight excluding hydrogens is 450 g/mol. The lowest BCUT2D eigenvalue weighted by atomic mass is 9.98. The van der Waals surface area contributed by atoms with E-state index in [1.165, 1.54) is 18.4 Å². The summed E-state index contributed by atoms with van der Waals surface area (Å²) in [6.07, 6.45) is 1.96. The number of fused-ring (bicyclic) bond motifs is 1. The van der Waals surface area contributed by atoms with Gasteiger partial charge in [-0.05, 0) is 48.7 Å². The first kappa shape index (κ1) is 22.0. The monoisotopic (exact) mass is 471 g/mol. The number of hydrogen-bond donors (Lipinski definition) is 2. The molecule has 2 aromatic heterocycles. The maximum absolute atomic E-state index is 12.8. The Hall–Kier alpha value is -3.21. The van der Waals surface area contributed by atoms with Crippen molar-refractivity contribution >= 4 is 38.2 Å². The van der Waals surface area contributed by atoms with E-state index in [0.29, 0.717) is 34.2 Å². The van der Waals surface area contributed by atoms with Crippen molar-refractivity contribution in [3.05, 3.63) is 80.6 Å². The van der Waals surface area contributed by atoms with Gasteiger partial charge in [0, 0.05) is 42.1 Å². The highest BCUT2D eigenvalue weighted by Gasteiger charge is 2.16. The summed E-state index contributed by atoms with van der Waals surface area (Å²) >= 11 is 1.38. The third-order valence-corrected chi connectivity index (χ3v) is 6.71. The second-order valence-electron chi connectivity index (χ2n) is 7.19. The number of rotatable bonds is 7. The zero-order valence-corrected chi connectivity index (χ0v) is 19.3. The Bertz CT molecular complexity index is 1440. The zero-order chi connectivity index (χ0) is 22.9.